The molecule has 2 aromatic rings. The highest BCUT2D eigenvalue weighted by molar-refractivity contribution is 5.76. The van der Waals surface area contributed by atoms with Crippen LogP contribution in [0.3, 0.4) is 0 Å². The lowest BCUT2D eigenvalue weighted by molar-refractivity contribution is -0.385. The van der Waals surface area contributed by atoms with Gasteiger partial charge in [-0.05, 0) is 37.6 Å². The van der Waals surface area contributed by atoms with Gasteiger partial charge in [-0.25, -0.2) is 0 Å². The molecule has 0 unspecified atom stereocenters. The number of nitro groups is 1. The van der Waals surface area contributed by atoms with Gasteiger partial charge in [0.15, 0.2) is 11.5 Å². The number of ether oxygens (including phenoxy) is 2. The Morgan fingerprint density at radius 2 is 2.00 bits per heavy atom. The number of hydrogen-bond donors (Lipinski definition) is 0. The first-order chi connectivity index (χ1) is 11.0. The van der Waals surface area contributed by atoms with Crippen LogP contribution in [0.25, 0.3) is 0 Å². The summed E-state index contributed by atoms with van der Waals surface area (Å²) in [4.78, 5) is 21.3. The predicted molar refractivity (Wildman–Crippen MR) is 85.1 cm³/mol. The third-order valence-electron chi connectivity index (χ3n) is 3.26. The smallest absolute Gasteiger partial charge is 0.269 e. The zero-order chi connectivity index (χ0) is 16.8. The molecule has 0 heterocycles. The molecule has 0 fully saturated rings. The summed E-state index contributed by atoms with van der Waals surface area (Å²) >= 11 is 0. The van der Waals surface area contributed by atoms with Crippen LogP contribution in [0.2, 0.25) is 0 Å². The van der Waals surface area contributed by atoms with E-state index in [1.165, 1.54) is 12.1 Å². The Hall–Kier alpha value is -2.89. The van der Waals surface area contributed by atoms with Crippen molar-refractivity contribution in [1.29, 1.82) is 0 Å². The largest absolute Gasteiger partial charge is 0.490 e. The van der Waals surface area contributed by atoms with Crippen LogP contribution in [-0.2, 0) is 0 Å². The van der Waals surface area contributed by atoms with Gasteiger partial charge in [-0.3, -0.25) is 14.9 Å². The van der Waals surface area contributed by atoms with Crippen LogP contribution in [0, 0.1) is 10.1 Å². The molecule has 6 heteroatoms. The molecule has 0 saturated heterocycles. The highest BCUT2D eigenvalue weighted by atomic mass is 16.6. The minimum atomic E-state index is -0.444. The zero-order valence-electron chi connectivity index (χ0n) is 12.9. The van der Waals surface area contributed by atoms with Gasteiger partial charge in [0.1, 0.15) is 12.4 Å². The first kappa shape index (κ1) is 16.5. The third-order valence-corrected chi connectivity index (χ3v) is 3.26. The molecule has 6 nitrogen and oxygen atoms in total. The molecule has 0 spiro atoms. The molecule has 0 N–H and O–H groups in total. The molecule has 0 aromatic heterocycles. The fourth-order valence-corrected chi connectivity index (χ4v) is 2.11. The lowest BCUT2D eigenvalue weighted by atomic mass is 10.1. The highest BCUT2D eigenvalue weighted by Crippen LogP contribution is 2.32. The van der Waals surface area contributed by atoms with E-state index in [9.17, 15) is 14.9 Å². The molecular formula is C17H17NO5. The lowest BCUT2D eigenvalue weighted by Gasteiger charge is -2.18. The van der Waals surface area contributed by atoms with E-state index in [-0.39, 0.29) is 5.69 Å². The quantitative estimate of drug-likeness (QED) is 0.439. The van der Waals surface area contributed by atoms with Crippen molar-refractivity contribution in [3.63, 3.8) is 0 Å². The van der Waals surface area contributed by atoms with Crippen molar-refractivity contribution in [2.75, 3.05) is 6.61 Å². The van der Waals surface area contributed by atoms with Crippen LogP contribution in [-0.4, -0.2) is 17.8 Å². The van der Waals surface area contributed by atoms with Crippen LogP contribution in [0.5, 0.6) is 11.5 Å². The molecule has 23 heavy (non-hydrogen) atoms. The second kappa shape index (κ2) is 7.40. The predicted octanol–water partition coefficient (Wildman–Crippen LogP) is 3.95. The van der Waals surface area contributed by atoms with Gasteiger partial charge in [0.2, 0.25) is 0 Å². The molecule has 0 saturated carbocycles. The van der Waals surface area contributed by atoms with Crippen molar-refractivity contribution in [3.8, 4) is 11.5 Å². The number of carbonyl (C=O) groups excluding carboxylic acids is 1. The van der Waals surface area contributed by atoms with Gasteiger partial charge < -0.3 is 9.47 Å². The van der Waals surface area contributed by atoms with Crippen molar-refractivity contribution in [2.45, 2.75) is 20.0 Å². The van der Waals surface area contributed by atoms with Crippen molar-refractivity contribution in [1.82, 2.24) is 0 Å². The number of nitro benzene ring substituents is 1. The molecule has 0 aliphatic carbocycles. The van der Waals surface area contributed by atoms with E-state index in [2.05, 4.69) is 0 Å². The Kier molecular flexibility index (Phi) is 5.30. The minimum Gasteiger partial charge on any atom is -0.490 e. The number of nitrogens with zero attached hydrogens (tertiary/aromatic N) is 1. The zero-order valence-corrected chi connectivity index (χ0v) is 12.9. The molecule has 2 rings (SSSR count). The van der Waals surface area contributed by atoms with E-state index in [1.807, 2.05) is 6.92 Å². The van der Waals surface area contributed by atoms with Crippen LogP contribution >= 0.6 is 0 Å². The van der Waals surface area contributed by atoms with Gasteiger partial charge in [-0.15, -0.1) is 0 Å². The Balaban J connectivity index is 2.25. The standard InChI is InChI=1S/C17H17NO5/c1-3-22-17-9-13(11-19)7-8-16(17)23-12(2)14-5-4-6-15(10-14)18(20)21/h4-12H,3H2,1-2H3/t12-/m0/s1. The van der Waals surface area contributed by atoms with Crippen molar-refractivity contribution >= 4 is 12.0 Å². The first-order valence-electron chi connectivity index (χ1n) is 7.18. The third kappa shape index (κ3) is 4.06. The molecule has 2 aromatic carbocycles. The van der Waals surface area contributed by atoms with E-state index in [1.54, 1.807) is 37.3 Å². The van der Waals surface area contributed by atoms with Gasteiger partial charge in [0, 0.05) is 17.7 Å². The molecule has 1 atom stereocenters. The Morgan fingerprint density at radius 1 is 1.22 bits per heavy atom. The molecule has 0 aliphatic rings. The van der Waals surface area contributed by atoms with E-state index in [0.29, 0.717) is 29.2 Å². The van der Waals surface area contributed by atoms with Crippen LogP contribution in [0.15, 0.2) is 42.5 Å². The topological polar surface area (TPSA) is 78.7 Å². The van der Waals surface area contributed by atoms with Gasteiger partial charge in [0.05, 0.1) is 11.5 Å². The molecule has 120 valence electrons. The molecule has 0 aliphatic heterocycles. The summed E-state index contributed by atoms with van der Waals surface area (Å²) in [6.45, 7) is 4.06. The van der Waals surface area contributed by atoms with Crippen molar-refractivity contribution in [2.24, 2.45) is 0 Å². The van der Waals surface area contributed by atoms with Crippen LogP contribution in [0.1, 0.15) is 35.9 Å². The van der Waals surface area contributed by atoms with Gasteiger partial charge in [-0.1, -0.05) is 12.1 Å². The Bertz CT molecular complexity index is 714. The first-order valence-corrected chi connectivity index (χ1v) is 7.18. The van der Waals surface area contributed by atoms with Crippen LogP contribution in [0.4, 0.5) is 5.69 Å². The summed E-state index contributed by atoms with van der Waals surface area (Å²) < 4.78 is 11.3. The summed E-state index contributed by atoms with van der Waals surface area (Å²) in [5, 5.41) is 10.9. The maximum absolute atomic E-state index is 10.9. The molecule has 0 radical (unpaired) electrons. The van der Waals surface area contributed by atoms with E-state index in [4.69, 9.17) is 9.47 Å². The fourth-order valence-electron chi connectivity index (χ4n) is 2.11. The maximum atomic E-state index is 10.9. The number of rotatable bonds is 7. The van der Waals surface area contributed by atoms with E-state index < -0.39 is 11.0 Å². The summed E-state index contributed by atoms with van der Waals surface area (Å²) in [5.41, 5.74) is 1.18. The monoisotopic (exact) mass is 315 g/mol. The number of hydrogen-bond acceptors (Lipinski definition) is 5. The van der Waals surface area contributed by atoms with Gasteiger partial charge in [-0.2, -0.15) is 0 Å². The van der Waals surface area contributed by atoms with E-state index in [0.717, 1.165) is 6.29 Å². The summed E-state index contributed by atoms with van der Waals surface area (Å²) in [6.07, 6.45) is 0.326. The van der Waals surface area contributed by atoms with Gasteiger partial charge in [0.25, 0.3) is 5.69 Å². The van der Waals surface area contributed by atoms with Crippen molar-refractivity contribution < 1.29 is 19.2 Å². The average Bonchev–Trinajstić information content (AvgIpc) is 2.56. The second-order valence-corrected chi connectivity index (χ2v) is 4.87. The maximum Gasteiger partial charge on any atom is 0.269 e. The number of non-ortho nitro benzene ring substituents is 1. The highest BCUT2D eigenvalue weighted by Gasteiger charge is 2.15. The summed E-state index contributed by atoms with van der Waals surface area (Å²) in [6, 6.07) is 11.2. The number of carbonyl (C=O) groups is 1. The van der Waals surface area contributed by atoms with Gasteiger partial charge >= 0.3 is 0 Å². The Labute approximate surface area is 133 Å². The number of aldehydes is 1. The molecular weight excluding hydrogens is 298 g/mol. The van der Waals surface area contributed by atoms with Crippen LogP contribution < -0.4 is 9.47 Å². The second-order valence-electron chi connectivity index (χ2n) is 4.87. The SMILES string of the molecule is CCOc1cc(C=O)ccc1O[C@@H](C)c1cccc([N+](=O)[O-])c1. The minimum absolute atomic E-state index is 0.0132. The Morgan fingerprint density at radius 3 is 2.65 bits per heavy atom. The fraction of sp³-hybridized carbons (Fsp3) is 0.235. The summed E-state index contributed by atoms with van der Waals surface area (Å²) in [7, 11) is 0. The number of benzene rings is 2. The normalized spacial score (nSPS) is 11.6. The lowest BCUT2D eigenvalue weighted by Crippen LogP contribution is -2.06. The average molecular weight is 315 g/mol. The van der Waals surface area contributed by atoms with E-state index >= 15 is 0 Å². The molecule has 0 bridgehead atoms. The van der Waals surface area contributed by atoms with Crippen molar-refractivity contribution in [3.05, 3.63) is 63.7 Å². The molecule has 0 amide bonds. The summed E-state index contributed by atoms with van der Waals surface area (Å²) in [5.74, 6) is 0.950.